The van der Waals surface area contributed by atoms with Gasteiger partial charge in [-0.25, -0.2) is 4.79 Å². The van der Waals surface area contributed by atoms with Crippen molar-refractivity contribution in [1.82, 2.24) is 15.5 Å². The van der Waals surface area contributed by atoms with Gasteiger partial charge in [-0.15, -0.1) is 0 Å². The van der Waals surface area contributed by atoms with E-state index in [1.165, 1.54) is 6.07 Å². The van der Waals surface area contributed by atoms with E-state index < -0.39 is 35.8 Å². The van der Waals surface area contributed by atoms with E-state index >= 15 is 0 Å². The van der Waals surface area contributed by atoms with Crippen molar-refractivity contribution < 1.29 is 27.5 Å². The second-order valence-electron chi connectivity index (χ2n) is 8.49. The molecule has 3 unspecified atom stereocenters. The molecule has 1 aliphatic heterocycles. The molecule has 172 valence electrons. The van der Waals surface area contributed by atoms with Crippen LogP contribution in [0.25, 0.3) is 0 Å². The molecule has 6 nitrogen and oxygen atoms in total. The van der Waals surface area contributed by atoms with Gasteiger partial charge in [-0.1, -0.05) is 31.4 Å². The molecule has 1 aliphatic carbocycles. The third kappa shape index (κ3) is 6.43. The first-order chi connectivity index (χ1) is 14.6. The first-order valence-electron chi connectivity index (χ1n) is 10.8. The molecule has 0 aromatic heterocycles. The van der Waals surface area contributed by atoms with E-state index in [1.54, 1.807) is 13.0 Å². The monoisotopic (exact) mass is 441 g/mol. The molecular formula is C22H30F3N3O3. The van der Waals surface area contributed by atoms with Gasteiger partial charge in [-0.2, -0.15) is 13.2 Å². The summed E-state index contributed by atoms with van der Waals surface area (Å²) in [6.45, 7) is 4.19. The highest BCUT2D eigenvalue weighted by atomic mass is 19.4. The number of halogens is 3. The normalized spacial score (nSPS) is 24.4. The second-order valence-corrected chi connectivity index (χ2v) is 8.49. The maximum Gasteiger partial charge on any atom is 0.416 e. The van der Waals surface area contributed by atoms with Crippen LogP contribution in [0.1, 0.15) is 63.2 Å². The zero-order chi connectivity index (χ0) is 22.6. The number of rotatable bonds is 4. The van der Waals surface area contributed by atoms with Crippen LogP contribution < -0.4 is 10.6 Å². The van der Waals surface area contributed by atoms with Gasteiger partial charge in [0.05, 0.1) is 23.8 Å². The predicted octanol–water partition coefficient (Wildman–Crippen LogP) is 4.01. The minimum atomic E-state index is -4.44. The Morgan fingerprint density at radius 3 is 2.55 bits per heavy atom. The molecule has 2 N–H and O–H groups in total. The molecule has 3 atom stereocenters. The summed E-state index contributed by atoms with van der Waals surface area (Å²) in [7, 11) is 0. The average Bonchev–Trinajstić information content (AvgIpc) is 2.72. The van der Waals surface area contributed by atoms with Crippen molar-refractivity contribution in [3.8, 4) is 0 Å². The minimum absolute atomic E-state index is 0.0885. The van der Waals surface area contributed by atoms with Gasteiger partial charge in [-0.05, 0) is 44.4 Å². The van der Waals surface area contributed by atoms with E-state index in [4.69, 9.17) is 4.74 Å². The summed E-state index contributed by atoms with van der Waals surface area (Å²) in [5.41, 5.74) is -0.322. The van der Waals surface area contributed by atoms with E-state index in [9.17, 15) is 22.8 Å². The fourth-order valence-corrected chi connectivity index (χ4v) is 4.25. The summed E-state index contributed by atoms with van der Waals surface area (Å²) < 4.78 is 45.1. The third-order valence-electron chi connectivity index (χ3n) is 5.98. The fraction of sp³-hybridized carbons (Fsp3) is 0.636. The van der Waals surface area contributed by atoms with E-state index in [0.717, 1.165) is 44.2 Å². The Morgan fingerprint density at radius 2 is 1.87 bits per heavy atom. The number of alkyl halides is 3. The van der Waals surface area contributed by atoms with Crippen LogP contribution in [0.4, 0.5) is 18.0 Å². The standard InChI is InChI=1S/C22H30F3N3O3/c1-14-12-28(13-19(31-14)16-7-6-8-17(11-16)22(23,24)25)15(2)20(29)27-21(30)26-18-9-4-3-5-10-18/h6-8,11,14-15,18-19H,3-5,9-10,12-13H2,1-2H3,(H2,26,27,29,30). The largest absolute Gasteiger partial charge is 0.416 e. The maximum atomic E-state index is 13.1. The van der Waals surface area contributed by atoms with Crippen LogP contribution in [0.5, 0.6) is 0 Å². The summed E-state index contributed by atoms with van der Waals surface area (Å²) in [5, 5.41) is 5.25. The van der Waals surface area contributed by atoms with Crippen molar-refractivity contribution in [2.45, 2.75) is 76.4 Å². The smallest absolute Gasteiger partial charge is 0.368 e. The molecule has 1 aromatic rings. The van der Waals surface area contributed by atoms with Crippen molar-refractivity contribution in [3.63, 3.8) is 0 Å². The van der Waals surface area contributed by atoms with E-state index in [1.807, 2.05) is 11.8 Å². The zero-order valence-electron chi connectivity index (χ0n) is 17.9. The molecule has 3 rings (SSSR count). The summed E-state index contributed by atoms with van der Waals surface area (Å²) in [6, 6.07) is 4.02. The van der Waals surface area contributed by atoms with Gasteiger partial charge >= 0.3 is 12.2 Å². The van der Waals surface area contributed by atoms with Crippen LogP contribution in [0.3, 0.4) is 0 Å². The molecule has 0 radical (unpaired) electrons. The molecule has 3 amide bonds. The lowest BCUT2D eigenvalue weighted by Gasteiger charge is -2.39. The molecule has 2 aliphatic rings. The van der Waals surface area contributed by atoms with Crippen LogP contribution in [0.2, 0.25) is 0 Å². The Morgan fingerprint density at radius 1 is 1.16 bits per heavy atom. The number of carbonyl (C=O) groups is 2. The van der Waals surface area contributed by atoms with Gasteiger partial charge in [0.15, 0.2) is 0 Å². The number of amides is 3. The molecule has 0 bridgehead atoms. The van der Waals surface area contributed by atoms with Gasteiger partial charge in [-0.3, -0.25) is 15.0 Å². The highest BCUT2D eigenvalue weighted by Gasteiger charge is 2.35. The number of hydrogen-bond acceptors (Lipinski definition) is 4. The topological polar surface area (TPSA) is 70.7 Å². The summed E-state index contributed by atoms with van der Waals surface area (Å²) in [5.74, 6) is -0.440. The fourth-order valence-electron chi connectivity index (χ4n) is 4.25. The lowest BCUT2D eigenvalue weighted by atomic mass is 9.96. The van der Waals surface area contributed by atoms with Crippen molar-refractivity contribution in [1.29, 1.82) is 0 Å². The quantitative estimate of drug-likeness (QED) is 0.741. The summed E-state index contributed by atoms with van der Waals surface area (Å²) >= 11 is 0. The van der Waals surface area contributed by atoms with Crippen molar-refractivity contribution in [3.05, 3.63) is 35.4 Å². The van der Waals surface area contributed by atoms with Gasteiger partial charge < -0.3 is 10.1 Å². The van der Waals surface area contributed by atoms with Crippen LogP contribution in [0, 0.1) is 0 Å². The number of ether oxygens (including phenoxy) is 1. The predicted molar refractivity (Wildman–Crippen MR) is 109 cm³/mol. The molecule has 9 heteroatoms. The number of nitrogens with one attached hydrogen (secondary N) is 2. The van der Waals surface area contributed by atoms with Crippen molar-refractivity contribution in [2.75, 3.05) is 13.1 Å². The van der Waals surface area contributed by atoms with E-state index in [0.29, 0.717) is 12.1 Å². The molecule has 1 saturated heterocycles. The number of carbonyl (C=O) groups excluding carboxylic acids is 2. The Bertz CT molecular complexity index is 781. The first-order valence-corrected chi connectivity index (χ1v) is 10.8. The van der Waals surface area contributed by atoms with Gasteiger partial charge in [0.25, 0.3) is 0 Å². The van der Waals surface area contributed by atoms with E-state index in [-0.39, 0.29) is 18.7 Å². The van der Waals surface area contributed by atoms with E-state index in [2.05, 4.69) is 10.6 Å². The SMILES string of the molecule is CC1CN(C(C)C(=O)NC(=O)NC2CCCCC2)CC(c2cccc(C(F)(F)F)c2)O1. The summed E-state index contributed by atoms with van der Waals surface area (Å²) in [4.78, 5) is 26.7. The number of morpholine rings is 1. The Kier molecular flexibility index (Phi) is 7.59. The number of benzene rings is 1. The van der Waals surface area contributed by atoms with Crippen LogP contribution >= 0.6 is 0 Å². The van der Waals surface area contributed by atoms with Crippen molar-refractivity contribution >= 4 is 11.9 Å². The lowest BCUT2D eigenvalue weighted by Crippen LogP contribution is -2.55. The molecule has 2 fully saturated rings. The molecule has 31 heavy (non-hydrogen) atoms. The third-order valence-corrected chi connectivity index (χ3v) is 5.98. The average molecular weight is 441 g/mol. The zero-order valence-corrected chi connectivity index (χ0v) is 17.9. The maximum absolute atomic E-state index is 13.1. The molecule has 1 heterocycles. The number of hydrogen-bond donors (Lipinski definition) is 2. The molecule has 1 aromatic carbocycles. The Balaban J connectivity index is 1.61. The molecular weight excluding hydrogens is 411 g/mol. The highest BCUT2D eigenvalue weighted by Crippen LogP contribution is 2.33. The van der Waals surface area contributed by atoms with Gasteiger partial charge in [0.2, 0.25) is 5.91 Å². The number of imide groups is 1. The van der Waals surface area contributed by atoms with Crippen molar-refractivity contribution in [2.24, 2.45) is 0 Å². The second kappa shape index (κ2) is 9.99. The van der Waals surface area contributed by atoms with Gasteiger partial charge in [0.1, 0.15) is 0 Å². The molecule has 1 saturated carbocycles. The number of urea groups is 1. The first kappa shape index (κ1) is 23.5. The van der Waals surface area contributed by atoms with Crippen LogP contribution in [-0.4, -0.2) is 48.1 Å². The molecule has 0 spiro atoms. The van der Waals surface area contributed by atoms with Crippen LogP contribution in [0.15, 0.2) is 24.3 Å². The van der Waals surface area contributed by atoms with Crippen LogP contribution in [-0.2, 0) is 15.7 Å². The Hall–Kier alpha value is -2.13. The number of nitrogens with zero attached hydrogens (tertiary/aromatic N) is 1. The summed E-state index contributed by atoms with van der Waals surface area (Å²) in [6.07, 6.45) is -0.187. The van der Waals surface area contributed by atoms with Gasteiger partial charge in [0, 0.05) is 19.1 Å². The Labute approximate surface area is 180 Å². The minimum Gasteiger partial charge on any atom is -0.368 e. The highest BCUT2D eigenvalue weighted by molar-refractivity contribution is 5.96. The lowest BCUT2D eigenvalue weighted by molar-refractivity contribution is -0.137.